The number of hydrogen-bond donors (Lipinski definition) is 0. The van der Waals surface area contributed by atoms with E-state index in [0.29, 0.717) is 6.04 Å². The van der Waals surface area contributed by atoms with Crippen molar-refractivity contribution >= 4 is 21.4 Å². The predicted octanol–water partition coefficient (Wildman–Crippen LogP) is 3.47. The molecule has 0 bridgehead atoms. The molecule has 0 amide bonds. The van der Waals surface area contributed by atoms with Crippen LogP contribution in [-0.2, 0) is 5.41 Å². The van der Waals surface area contributed by atoms with Gasteiger partial charge in [-0.3, -0.25) is 0 Å². The highest BCUT2D eigenvalue weighted by atomic mass is 32.1. The Balaban J connectivity index is 1.92. The summed E-state index contributed by atoms with van der Waals surface area (Å²) >= 11 is 1.71. The van der Waals surface area contributed by atoms with Gasteiger partial charge in [-0.1, -0.05) is 32.1 Å². The fourth-order valence-corrected chi connectivity index (χ4v) is 3.56. The zero-order chi connectivity index (χ0) is 13.6. The van der Waals surface area contributed by atoms with Crippen molar-refractivity contribution in [3.05, 3.63) is 11.9 Å². The molecule has 1 unspecified atom stereocenters. The number of anilines is 1. The highest BCUT2D eigenvalue weighted by Crippen LogP contribution is 2.30. The Hall–Kier alpha value is -1.10. The molecule has 1 aliphatic rings. The van der Waals surface area contributed by atoms with E-state index in [-0.39, 0.29) is 5.41 Å². The second kappa shape index (κ2) is 4.47. The summed E-state index contributed by atoms with van der Waals surface area (Å²) in [4.78, 5) is 8.16. The quantitative estimate of drug-likeness (QED) is 0.801. The number of rotatable bonds is 1. The first-order chi connectivity index (χ1) is 8.95. The van der Waals surface area contributed by atoms with Crippen LogP contribution in [0.25, 0.3) is 4.96 Å². The number of hydrogen-bond acceptors (Lipinski definition) is 4. The summed E-state index contributed by atoms with van der Waals surface area (Å²) < 4.78 is 1.95. The molecule has 0 N–H and O–H groups in total. The van der Waals surface area contributed by atoms with Crippen LogP contribution in [0.15, 0.2) is 6.20 Å². The largest absolute Gasteiger partial charge is 0.344 e. The van der Waals surface area contributed by atoms with Crippen molar-refractivity contribution in [2.45, 2.75) is 58.4 Å². The van der Waals surface area contributed by atoms with Gasteiger partial charge in [0.25, 0.3) is 0 Å². The summed E-state index contributed by atoms with van der Waals surface area (Å²) in [6.45, 7) is 9.99. The maximum absolute atomic E-state index is 4.72. The smallest absolute Gasteiger partial charge is 0.214 e. The average Bonchev–Trinajstić information content (AvgIpc) is 2.86. The van der Waals surface area contributed by atoms with E-state index < -0.39 is 0 Å². The van der Waals surface area contributed by atoms with Crippen molar-refractivity contribution < 1.29 is 0 Å². The SMILES string of the molecule is CC1CCCCN1c1nn2cc(C(C)(C)C)nc2s1. The Morgan fingerprint density at radius 1 is 1.32 bits per heavy atom. The molecule has 0 radical (unpaired) electrons. The zero-order valence-corrected chi connectivity index (χ0v) is 13.0. The standard InChI is InChI=1S/C14H22N4S/c1-10-7-5-6-8-17(10)13-16-18-9-11(14(2,3)4)15-12(18)19-13/h9-10H,5-8H2,1-4H3. The minimum atomic E-state index is 0.0893. The Kier molecular flexibility index (Phi) is 3.04. The maximum Gasteiger partial charge on any atom is 0.214 e. The van der Waals surface area contributed by atoms with Crippen molar-refractivity contribution in [2.75, 3.05) is 11.4 Å². The first-order valence-electron chi connectivity index (χ1n) is 7.08. The van der Waals surface area contributed by atoms with E-state index in [9.17, 15) is 0 Å². The van der Waals surface area contributed by atoms with E-state index in [2.05, 4.69) is 38.8 Å². The molecule has 3 rings (SSSR count). The van der Waals surface area contributed by atoms with Gasteiger partial charge in [0.2, 0.25) is 10.1 Å². The molecule has 1 atom stereocenters. The Bertz CT molecular complexity index is 546. The Morgan fingerprint density at radius 2 is 2.11 bits per heavy atom. The molecule has 0 aliphatic carbocycles. The van der Waals surface area contributed by atoms with Crippen LogP contribution >= 0.6 is 11.3 Å². The van der Waals surface area contributed by atoms with E-state index in [4.69, 9.17) is 10.1 Å². The second-order valence-electron chi connectivity index (χ2n) is 6.53. The van der Waals surface area contributed by atoms with Crippen molar-refractivity contribution in [2.24, 2.45) is 0 Å². The van der Waals surface area contributed by atoms with Crippen LogP contribution < -0.4 is 4.90 Å². The lowest BCUT2D eigenvalue weighted by atomic mass is 9.93. The van der Waals surface area contributed by atoms with E-state index in [0.717, 1.165) is 22.3 Å². The van der Waals surface area contributed by atoms with Gasteiger partial charge in [0, 0.05) is 18.0 Å². The number of fused-ring (bicyclic) bond motifs is 1. The second-order valence-corrected chi connectivity index (χ2v) is 7.46. The molecular weight excluding hydrogens is 256 g/mol. The maximum atomic E-state index is 4.72. The van der Waals surface area contributed by atoms with Crippen LogP contribution in [0.2, 0.25) is 0 Å². The average molecular weight is 278 g/mol. The summed E-state index contributed by atoms with van der Waals surface area (Å²) in [6.07, 6.45) is 5.97. The molecule has 3 heterocycles. The number of piperidine rings is 1. The first kappa shape index (κ1) is 12.9. The van der Waals surface area contributed by atoms with Crippen molar-refractivity contribution in [1.82, 2.24) is 14.6 Å². The Labute approximate surface area is 118 Å². The molecule has 1 saturated heterocycles. The van der Waals surface area contributed by atoms with Gasteiger partial charge < -0.3 is 4.90 Å². The first-order valence-corrected chi connectivity index (χ1v) is 7.90. The third-order valence-corrected chi connectivity index (χ3v) is 4.81. The summed E-state index contributed by atoms with van der Waals surface area (Å²) in [6, 6.07) is 0.603. The molecule has 19 heavy (non-hydrogen) atoms. The molecule has 104 valence electrons. The van der Waals surface area contributed by atoms with Gasteiger partial charge in [-0.25, -0.2) is 9.50 Å². The van der Waals surface area contributed by atoms with Gasteiger partial charge in [0.05, 0.1) is 11.9 Å². The minimum absolute atomic E-state index is 0.0893. The summed E-state index contributed by atoms with van der Waals surface area (Å²) in [5.41, 5.74) is 1.20. The van der Waals surface area contributed by atoms with Crippen LogP contribution in [0.4, 0.5) is 5.13 Å². The van der Waals surface area contributed by atoms with Gasteiger partial charge in [-0.05, 0) is 26.2 Å². The van der Waals surface area contributed by atoms with Crippen molar-refractivity contribution in [3.63, 3.8) is 0 Å². The lowest BCUT2D eigenvalue weighted by molar-refractivity contribution is 0.482. The van der Waals surface area contributed by atoms with Crippen LogP contribution in [0.5, 0.6) is 0 Å². The van der Waals surface area contributed by atoms with Gasteiger partial charge in [0.15, 0.2) is 0 Å². The lowest BCUT2D eigenvalue weighted by Crippen LogP contribution is -2.37. The zero-order valence-electron chi connectivity index (χ0n) is 12.2. The molecule has 0 spiro atoms. The monoisotopic (exact) mass is 278 g/mol. The van der Waals surface area contributed by atoms with Crippen LogP contribution in [0, 0.1) is 0 Å². The van der Waals surface area contributed by atoms with E-state index in [1.165, 1.54) is 19.3 Å². The fourth-order valence-electron chi connectivity index (χ4n) is 2.55. The van der Waals surface area contributed by atoms with Crippen LogP contribution in [-0.4, -0.2) is 27.2 Å². The van der Waals surface area contributed by atoms with Crippen LogP contribution in [0.1, 0.15) is 52.7 Å². The molecule has 1 aliphatic heterocycles. The Morgan fingerprint density at radius 3 is 2.74 bits per heavy atom. The molecule has 2 aromatic heterocycles. The highest BCUT2D eigenvalue weighted by molar-refractivity contribution is 7.20. The van der Waals surface area contributed by atoms with Gasteiger partial charge in [-0.15, -0.1) is 5.10 Å². The minimum Gasteiger partial charge on any atom is -0.344 e. The molecule has 4 nitrogen and oxygen atoms in total. The summed E-state index contributed by atoms with van der Waals surface area (Å²) in [7, 11) is 0. The van der Waals surface area contributed by atoms with Crippen molar-refractivity contribution in [3.8, 4) is 0 Å². The number of imidazole rings is 1. The molecule has 1 fully saturated rings. The summed E-state index contributed by atoms with van der Waals surface area (Å²) in [5, 5.41) is 5.84. The normalized spacial score (nSPS) is 21.3. The third kappa shape index (κ3) is 2.36. The van der Waals surface area contributed by atoms with Crippen molar-refractivity contribution in [1.29, 1.82) is 0 Å². The highest BCUT2D eigenvalue weighted by Gasteiger charge is 2.24. The fraction of sp³-hybridized carbons (Fsp3) is 0.714. The molecule has 0 saturated carbocycles. The van der Waals surface area contributed by atoms with E-state index in [1.54, 1.807) is 11.3 Å². The van der Waals surface area contributed by atoms with Crippen LogP contribution in [0.3, 0.4) is 0 Å². The molecular formula is C14H22N4S. The molecule has 2 aromatic rings. The lowest BCUT2D eigenvalue weighted by Gasteiger charge is -2.32. The predicted molar refractivity (Wildman–Crippen MR) is 80.2 cm³/mol. The van der Waals surface area contributed by atoms with E-state index in [1.807, 2.05) is 4.52 Å². The van der Waals surface area contributed by atoms with Gasteiger partial charge in [0.1, 0.15) is 0 Å². The number of nitrogens with zero attached hydrogens (tertiary/aromatic N) is 4. The van der Waals surface area contributed by atoms with E-state index >= 15 is 0 Å². The third-order valence-electron chi connectivity index (χ3n) is 3.85. The van der Waals surface area contributed by atoms with Gasteiger partial charge >= 0.3 is 0 Å². The molecule has 0 aromatic carbocycles. The summed E-state index contributed by atoms with van der Waals surface area (Å²) in [5.74, 6) is 0. The topological polar surface area (TPSA) is 33.4 Å². The number of aromatic nitrogens is 3. The van der Waals surface area contributed by atoms with Gasteiger partial charge in [-0.2, -0.15) is 0 Å². The molecule has 5 heteroatoms.